The third-order valence-electron chi connectivity index (χ3n) is 2.42. The van der Waals surface area contributed by atoms with Crippen LogP contribution in [0.1, 0.15) is 20.9 Å². The molecule has 9 heteroatoms. The summed E-state index contributed by atoms with van der Waals surface area (Å²) in [6.07, 6.45) is 1.44. The van der Waals surface area contributed by atoms with E-state index in [1.807, 2.05) is 0 Å². The molecule has 2 rings (SSSR count). The molecule has 0 aromatic carbocycles. The number of sulfonamides is 1. The highest BCUT2D eigenvalue weighted by molar-refractivity contribution is 7.91. The molecule has 0 unspecified atom stereocenters. The first-order chi connectivity index (χ1) is 8.88. The Balaban J connectivity index is 2.02. The molecule has 2 aromatic rings. The third kappa shape index (κ3) is 3.19. The van der Waals surface area contributed by atoms with Crippen molar-refractivity contribution in [1.29, 1.82) is 0 Å². The molecule has 0 fully saturated rings. The van der Waals surface area contributed by atoms with Gasteiger partial charge in [-0.25, -0.2) is 13.6 Å². The van der Waals surface area contributed by atoms with E-state index in [1.165, 1.54) is 12.3 Å². The molecule has 7 nitrogen and oxygen atoms in total. The van der Waals surface area contributed by atoms with Crippen LogP contribution in [-0.4, -0.2) is 24.5 Å². The second-order valence-corrected chi connectivity index (χ2v) is 6.81. The number of H-pyrrole nitrogens is 1. The van der Waals surface area contributed by atoms with Crippen LogP contribution in [-0.2, 0) is 16.6 Å². The highest BCUT2D eigenvalue weighted by Gasteiger charge is 2.13. The molecule has 1 amide bonds. The van der Waals surface area contributed by atoms with Crippen molar-refractivity contribution in [3.05, 3.63) is 34.5 Å². The molecule has 4 N–H and O–H groups in total. The first-order valence-electron chi connectivity index (χ1n) is 5.27. The molecule has 0 atom stereocenters. The first-order valence-corrected chi connectivity index (χ1v) is 7.64. The van der Waals surface area contributed by atoms with Crippen LogP contribution in [0.25, 0.3) is 0 Å². The number of nitrogens with two attached hydrogens (primary N) is 1. The third-order valence-corrected chi connectivity index (χ3v) is 4.94. The van der Waals surface area contributed by atoms with Crippen molar-refractivity contribution >= 4 is 27.3 Å². The van der Waals surface area contributed by atoms with E-state index in [9.17, 15) is 13.2 Å². The normalized spacial score (nSPS) is 11.5. The fraction of sp³-hybridized carbons (Fsp3) is 0.200. The van der Waals surface area contributed by atoms with Crippen LogP contribution in [0, 0.1) is 6.92 Å². The van der Waals surface area contributed by atoms with Crippen LogP contribution in [0.4, 0.5) is 0 Å². The van der Waals surface area contributed by atoms with E-state index in [-0.39, 0.29) is 16.7 Å². The Kier molecular flexibility index (Phi) is 3.69. The standard InChI is InChI=1S/C10H12N4O3S2/c1-6-8(5-13-14-6)10(15)12-4-7-2-3-9(18-7)19(11,16)17/h2-3,5H,4H2,1H3,(H,12,15)(H,13,14)(H2,11,16,17). The van der Waals surface area contributed by atoms with Gasteiger partial charge in [0.2, 0.25) is 10.0 Å². The second kappa shape index (κ2) is 5.11. The molecule has 102 valence electrons. The maximum absolute atomic E-state index is 11.8. The minimum absolute atomic E-state index is 0.0799. The summed E-state index contributed by atoms with van der Waals surface area (Å²) in [5, 5.41) is 14.1. The molecule has 0 aliphatic carbocycles. The van der Waals surface area contributed by atoms with Gasteiger partial charge in [0, 0.05) is 10.6 Å². The van der Waals surface area contributed by atoms with E-state index in [0.717, 1.165) is 11.3 Å². The van der Waals surface area contributed by atoms with E-state index >= 15 is 0 Å². The van der Waals surface area contributed by atoms with Crippen molar-refractivity contribution in [3.63, 3.8) is 0 Å². The lowest BCUT2D eigenvalue weighted by molar-refractivity contribution is 0.0950. The maximum atomic E-state index is 11.8. The number of hydrogen-bond donors (Lipinski definition) is 3. The molecule has 0 spiro atoms. The van der Waals surface area contributed by atoms with Gasteiger partial charge in [0.15, 0.2) is 0 Å². The molecule has 0 bridgehead atoms. The fourth-order valence-electron chi connectivity index (χ4n) is 1.45. The van der Waals surface area contributed by atoms with E-state index in [4.69, 9.17) is 5.14 Å². The monoisotopic (exact) mass is 300 g/mol. The van der Waals surface area contributed by atoms with Gasteiger partial charge in [-0.3, -0.25) is 9.89 Å². The smallest absolute Gasteiger partial charge is 0.255 e. The molecule has 0 saturated heterocycles. The quantitative estimate of drug-likeness (QED) is 0.755. The van der Waals surface area contributed by atoms with Crippen molar-refractivity contribution < 1.29 is 13.2 Å². The van der Waals surface area contributed by atoms with Crippen molar-refractivity contribution in [2.75, 3.05) is 0 Å². The fourth-order valence-corrected chi connectivity index (χ4v) is 3.17. The second-order valence-electron chi connectivity index (χ2n) is 3.86. The average molecular weight is 300 g/mol. The van der Waals surface area contributed by atoms with E-state index in [0.29, 0.717) is 16.1 Å². The summed E-state index contributed by atoms with van der Waals surface area (Å²) < 4.78 is 22.3. The summed E-state index contributed by atoms with van der Waals surface area (Å²) >= 11 is 1.03. The number of aromatic amines is 1. The van der Waals surface area contributed by atoms with Crippen molar-refractivity contribution in [2.24, 2.45) is 5.14 Å². The summed E-state index contributed by atoms with van der Waals surface area (Å²) in [6, 6.07) is 3.04. The predicted octanol–water partition coefficient (Wildman–Crippen LogP) is 0.357. The summed E-state index contributed by atoms with van der Waals surface area (Å²) in [6.45, 7) is 1.98. The van der Waals surface area contributed by atoms with Gasteiger partial charge in [0.25, 0.3) is 5.91 Å². The largest absolute Gasteiger partial charge is 0.347 e. The molecule has 0 aliphatic rings. The minimum Gasteiger partial charge on any atom is -0.347 e. The highest BCUT2D eigenvalue weighted by Crippen LogP contribution is 2.20. The summed E-state index contributed by atoms with van der Waals surface area (Å²) in [5.41, 5.74) is 1.14. The predicted molar refractivity (Wildman–Crippen MR) is 70.2 cm³/mol. The summed E-state index contributed by atoms with van der Waals surface area (Å²) in [5.74, 6) is -0.267. The van der Waals surface area contributed by atoms with Gasteiger partial charge < -0.3 is 5.32 Å². The number of hydrogen-bond acceptors (Lipinski definition) is 5. The number of carbonyl (C=O) groups is 1. The molecular formula is C10H12N4O3S2. The highest BCUT2D eigenvalue weighted by atomic mass is 32.2. The number of carbonyl (C=O) groups excluding carboxylic acids is 1. The van der Waals surface area contributed by atoms with Crippen molar-refractivity contribution in [1.82, 2.24) is 15.5 Å². The van der Waals surface area contributed by atoms with Crippen molar-refractivity contribution in [2.45, 2.75) is 17.7 Å². The van der Waals surface area contributed by atoms with Gasteiger partial charge in [0.05, 0.1) is 18.3 Å². The molecular weight excluding hydrogens is 288 g/mol. The van der Waals surface area contributed by atoms with Gasteiger partial charge in [-0.15, -0.1) is 11.3 Å². The minimum atomic E-state index is -3.68. The Bertz CT molecular complexity index is 702. The summed E-state index contributed by atoms with van der Waals surface area (Å²) in [4.78, 5) is 12.5. The molecule has 2 aromatic heterocycles. The Morgan fingerprint density at radius 3 is 2.79 bits per heavy atom. The molecule has 0 aliphatic heterocycles. The number of amides is 1. The zero-order chi connectivity index (χ0) is 14.0. The van der Waals surface area contributed by atoms with Gasteiger partial charge in [-0.1, -0.05) is 0 Å². The zero-order valence-corrected chi connectivity index (χ0v) is 11.6. The van der Waals surface area contributed by atoms with E-state index < -0.39 is 10.0 Å². The van der Waals surface area contributed by atoms with E-state index in [2.05, 4.69) is 15.5 Å². The number of rotatable bonds is 4. The van der Waals surface area contributed by atoms with Crippen LogP contribution < -0.4 is 10.5 Å². The Labute approximate surface area is 113 Å². The summed E-state index contributed by atoms with van der Waals surface area (Å²) in [7, 11) is -3.68. The Morgan fingerprint density at radius 1 is 1.53 bits per heavy atom. The Morgan fingerprint density at radius 2 is 2.26 bits per heavy atom. The number of primary sulfonamides is 1. The van der Waals surface area contributed by atoms with Crippen LogP contribution in [0.2, 0.25) is 0 Å². The lowest BCUT2D eigenvalue weighted by Crippen LogP contribution is -2.22. The molecule has 0 saturated carbocycles. The van der Waals surface area contributed by atoms with Crippen LogP contribution in [0.5, 0.6) is 0 Å². The van der Waals surface area contributed by atoms with E-state index in [1.54, 1.807) is 13.0 Å². The van der Waals surface area contributed by atoms with Crippen LogP contribution >= 0.6 is 11.3 Å². The topological polar surface area (TPSA) is 118 Å². The van der Waals surface area contributed by atoms with Gasteiger partial charge in [0.1, 0.15) is 4.21 Å². The number of thiophene rings is 1. The Hall–Kier alpha value is -1.71. The van der Waals surface area contributed by atoms with Crippen LogP contribution in [0.15, 0.2) is 22.5 Å². The molecule has 19 heavy (non-hydrogen) atoms. The van der Waals surface area contributed by atoms with Gasteiger partial charge in [-0.2, -0.15) is 5.10 Å². The van der Waals surface area contributed by atoms with Crippen molar-refractivity contribution in [3.8, 4) is 0 Å². The number of nitrogens with one attached hydrogen (secondary N) is 2. The maximum Gasteiger partial charge on any atom is 0.255 e. The SMILES string of the molecule is Cc1[nH]ncc1C(=O)NCc1ccc(S(N)(=O)=O)s1. The number of nitrogens with zero attached hydrogens (tertiary/aromatic N) is 1. The average Bonchev–Trinajstić information content (AvgIpc) is 2.93. The lowest BCUT2D eigenvalue weighted by atomic mass is 10.2. The zero-order valence-electron chi connectivity index (χ0n) is 10.0. The molecule has 2 heterocycles. The number of aromatic nitrogens is 2. The number of aryl methyl sites for hydroxylation is 1. The molecule has 0 radical (unpaired) electrons. The van der Waals surface area contributed by atoms with Crippen LogP contribution in [0.3, 0.4) is 0 Å². The van der Waals surface area contributed by atoms with Gasteiger partial charge in [-0.05, 0) is 19.1 Å². The van der Waals surface area contributed by atoms with Gasteiger partial charge >= 0.3 is 0 Å². The lowest BCUT2D eigenvalue weighted by Gasteiger charge is -2.01. The first kappa shape index (κ1) is 13.7.